The first-order chi connectivity index (χ1) is 18.9. The van der Waals surface area contributed by atoms with Crippen molar-refractivity contribution in [3.63, 3.8) is 0 Å². The molecule has 12 nitrogen and oxygen atoms in total. The summed E-state index contributed by atoms with van der Waals surface area (Å²) < 4.78 is 14.3. The molecule has 1 atom stereocenters. The Morgan fingerprint density at radius 3 is 2.56 bits per heavy atom. The van der Waals surface area contributed by atoms with E-state index in [1.165, 1.54) is 4.68 Å². The largest absolute Gasteiger partial charge is 0.421 e. The van der Waals surface area contributed by atoms with Crippen LogP contribution in [0.1, 0.15) is 37.4 Å². The molecule has 0 spiro atoms. The number of hydrogen-bond acceptors (Lipinski definition) is 10. The van der Waals surface area contributed by atoms with Crippen molar-refractivity contribution in [3.05, 3.63) is 76.5 Å². The number of pyridine rings is 2. The molecular formula is C27H30N8O4. The first-order valence-electron chi connectivity index (χ1n) is 12.5. The monoisotopic (exact) mass is 530 g/mol. The first kappa shape index (κ1) is 26.1. The van der Waals surface area contributed by atoms with Gasteiger partial charge in [-0.2, -0.15) is 0 Å². The quantitative estimate of drug-likeness (QED) is 0.242. The average Bonchev–Trinajstić information content (AvgIpc) is 3.48. The van der Waals surface area contributed by atoms with Crippen LogP contribution in [0.3, 0.4) is 0 Å². The molecule has 39 heavy (non-hydrogen) atoms. The van der Waals surface area contributed by atoms with Crippen LogP contribution < -0.4 is 16.2 Å². The molecule has 0 amide bonds. The van der Waals surface area contributed by atoms with Gasteiger partial charge in [-0.15, -0.1) is 10.2 Å². The summed E-state index contributed by atoms with van der Waals surface area (Å²) in [5.74, 6) is 1.73. The van der Waals surface area contributed by atoms with Gasteiger partial charge in [0.05, 0.1) is 29.3 Å². The van der Waals surface area contributed by atoms with Gasteiger partial charge in [-0.25, -0.2) is 14.6 Å². The van der Waals surface area contributed by atoms with E-state index in [1.807, 2.05) is 48.9 Å². The lowest BCUT2D eigenvalue weighted by atomic mass is 10.1. The van der Waals surface area contributed by atoms with Crippen LogP contribution in [-0.2, 0) is 11.5 Å². The fourth-order valence-electron chi connectivity index (χ4n) is 4.43. The number of nitrogens with one attached hydrogen (secondary N) is 2. The number of hydrogen-bond donors (Lipinski definition) is 3. The number of nitrogens with zero attached hydrogens (tertiary/aromatic N) is 6. The Kier molecular flexibility index (Phi) is 7.39. The summed E-state index contributed by atoms with van der Waals surface area (Å²) in [6.45, 7) is 5.66. The van der Waals surface area contributed by atoms with Gasteiger partial charge in [-0.1, -0.05) is 30.3 Å². The van der Waals surface area contributed by atoms with Crippen LogP contribution in [-0.4, -0.2) is 48.4 Å². The second-order valence-corrected chi connectivity index (χ2v) is 9.28. The zero-order valence-corrected chi connectivity index (χ0v) is 22.1. The number of benzene rings is 1. The first-order valence-corrected chi connectivity index (χ1v) is 12.5. The van der Waals surface area contributed by atoms with Crippen molar-refractivity contribution in [3.8, 4) is 11.5 Å². The molecule has 0 saturated carbocycles. The summed E-state index contributed by atoms with van der Waals surface area (Å²) >= 11 is 0. The fraction of sp³-hybridized carbons (Fsp3) is 0.296. The molecule has 0 radical (unpaired) electrons. The minimum absolute atomic E-state index is 0.0208. The highest BCUT2D eigenvalue weighted by atomic mass is 16.5. The number of methoxy groups -OCH3 is 1. The molecule has 5 aromatic rings. The van der Waals surface area contributed by atoms with E-state index in [2.05, 4.69) is 25.8 Å². The highest BCUT2D eigenvalue weighted by Crippen LogP contribution is 2.32. The highest BCUT2D eigenvalue weighted by Gasteiger charge is 2.20. The normalized spacial score (nSPS) is 12.3. The Morgan fingerprint density at radius 2 is 1.90 bits per heavy atom. The molecule has 1 aromatic carbocycles. The van der Waals surface area contributed by atoms with Crippen LogP contribution in [0.25, 0.3) is 22.5 Å². The van der Waals surface area contributed by atoms with Crippen LogP contribution in [0.4, 0.5) is 17.3 Å². The van der Waals surface area contributed by atoms with Crippen molar-refractivity contribution in [1.29, 1.82) is 0 Å². The number of aliphatic hydroxyl groups excluding tert-OH is 1. The van der Waals surface area contributed by atoms with Gasteiger partial charge in [0, 0.05) is 32.3 Å². The summed E-state index contributed by atoms with van der Waals surface area (Å²) in [5.41, 5.74) is 2.50. The minimum atomic E-state index is -0.389. The molecule has 202 valence electrons. The zero-order valence-electron chi connectivity index (χ0n) is 22.1. The zero-order chi connectivity index (χ0) is 27.5. The van der Waals surface area contributed by atoms with Gasteiger partial charge in [0.15, 0.2) is 5.65 Å². The van der Waals surface area contributed by atoms with Crippen LogP contribution in [0, 0.1) is 6.92 Å². The van der Waals surface area contributed by atoms with E-state index in [1.54, 1.807) is 38.4 Å². The van der Waals surface area contributed by atoms with Gasteiger partial charge < -0.3 is 24.9 Å². The predicted octanol–water partition coefficient (Wildman–Crippen LogP) is 4.03. The number of aromatic nitrogens is 6. The topological polar surface area (TPSA) is 145 Å². The number of fused-ring (bicyclic) bond motifs is 1. The van der Waals surface area contributed by atoms with Gasteiger partial charge >= 0.3 is 0 Å². The molecule has 4 aromatic heterocycles. The summed E-state index contributed by atoms with van der Waals surface area (Å²) in [6.07, 6.45) is 1.62. The lowest BCUT2D eigenvalue weighted by molar-refractivity contribution is 0.103. The fourth-order valence-corrected chi connectivity index (χ4v) is 4.43. The summed E-state index contributed by atoms with van der Waals surface area (Å²) in [4.78, 5) is 22.2. The molecular weight excluding hydrogens is 500 g/mol. The van der Waals surface area contributed by atoms with Crippen LogP contribution >= 0.6 is 0 Å². The Balaban J connectivity index is 1.53. The van der Waals surface area contributed by atoms with Crippen molar-refractivity contribution in [2.24, 2.45) is 0 Å². The Morgan fingerprint density at radius 1 is 1.10 bits per heavy atom. The molecule has 0 aliphatic rings. The second-order valence-electron chi connectivity index (χ2n) is 9.28. The average molecular weight is 531 g/mol. The van der Waals surface area contributed by atoms with E-state index in [-0.39, 0.29) is 31.0 Å². The number of rotatable bonds is 10. The molecule has 0 bridgehead atoms. The second kappa shape index (κ2) is 11.1. The van der Waals surface area contributed by atoms with E-state index < -0.39 is 0 Å². The van der Waals surface area contributed by atoms with E-state index in [0.29, 0.717) is 45.7 Å². The van der Waals surface area contributed by atoms with Gasteiger partial charge in [0.25, 0.3) is 11.4 Å². The van der Waals surface area contributed by atoms with Crippen molar-refractivity contribution < 1.29 is 14.3 Å². The third-order valence-corrected chi connectivity index (χ3v) is 6.19. The SMILES string of the molecule is COCn1c(=O)c2ccc(Nc3cc(N[C@H](CO)c4ccccc4)c(-c4nnc(C)o4)cn3)nc2n1C(C)C. The molecule has 0 unspecified atom stereocenters. The number of anilines is 3. The summed E-state index contributed by atoms with van der Waals surface area (Å²) in [5, 5.41) is 25.3. The molecule has 0 fully saturated rings. The predicted molar refractivity (Wildman–Crippen MR) is 147 cm³/mol. The smallest absolute Gasteiger partial charge is 0.278 e. The maximum absolute atomic E-state index is 12.9. The third-order valence-electron chi connectivity index (χ3n) is 6.19. The van der Waals surface area contributed by atoms with Crippen molar-refractivity contribution in [2.75, 3.05) is 24.4 Å². The molecule has 3 N–H and O–H groups in total. The summed E-state index contributed by atoms with van der Waals surface area (Å²) in [6, 6.07) is 14.5. The van der Waals surface area contributed by atoms with Crippen molar-refractivity contribution in [2.45, 2.75) is 39.6 Å². The molecule has 0 aliphatic heterocycles. The molecule has 12 heteroatoms. The standard InChI is InChI=1S/C27H30N8O4/c1-16(2)35-25-19(27(37)34(35)15-38-4)10-11-23(31-25)30-24-12-21(20(13-28-24)26-33-32-17(3)39-26)29-22(14-36)18-8-6-5-7-9-18/h5-13,16,22,36H,14-15H2,1-4H3,(H2,28,29,30,31)/t22-/m1/s1. The number of aliphatic hydroxyl groups is 1. The number of aryl methyl sites for hydroxylation is 1. The highest BCUT2D eigenvalue weighted by molar-refractivity contribution is 5.79. The molecule has 4 heterocycles. The van der Waals surface area contributed by atoms with E-state index in [0.717, 1.165) is 5.56 Å². The van der Waals surface area contributed by atoms with Crippen LogP contribution in [0.15, 0.2) is 63.9 Å². The molecule has 0 saturated heterocycles. The van der Waals surface area contributed by atoms with Crippen LogP contribution in [0.2, 0.25) is 0 Å². The van der Waals surface area contributed by atoms with Gasteiger partial charge in [-0.3, -0.25) is 9.48 Å². The van der Waals surface area contributed by atoms with Crippen molar-refractivity contribution >= 4 is 28.4 Å². The Labute approximate surface area is 224 Å². The maximum Gasteiger partial charge on any atom is 0.278 e. The van der Waals surface area contributed by atoms with E-state index >= 15 is 0 Å². The van der Waals surface area contributed by atoms with Gasteiger partial charge in [0.1, 0.15) is 18.4 Å². The van der Waals surface area contributed by atoms with Gasteiger partial charge in [0.2, 0.25) is 5.89 Å². The minimum Gasteiger partial charge on any atom is -0.421 e. The Bertz CT molecular complexity index is 1640. The van der Waals surface area contributed by atoms with Gasteiger partial charge in [-0.05, 0) is 31.5 Å². The van der Waals surface area contributed by atoms with Crippen LogP contribution in [0.5, 0.6) is 0 Å². The van der Waals surface area contributed by atoms with E-state index in [9.17, 15) is 9.90 Å². The molecule has 0 aliphatic carbocycles. The van der Waals surface area contributed by atoms with E-state index in [4.69, 9.17) is 14.1 Å². The lowest BCUT2D eigenvalue weighted by Gasteiger charge is -2.20. The lowest BCUT2D eigenvalue weighted by Crippen LogP contribution is -2.25. The maximum atomic E-state index is 12.9. The third kappa shape index (κ3) is 5.24. The summed E-state index contributed by atoms with van der Waals surface area (Å²) in [7, 11) is 1.55. The van der Waals surface area contributed by atoms with Crippen molar-refractivity contribution in [1.82, 2.24) is 29.5 Å². The molecule has 5 rings (SSSR count). The number of ether oxygens (including phenoxy) is 1. The Hall–Kier alpha value is -4.55.